The number of piperidine rings is 1. The van der Waals surface area contributed by atoms with Crippen molar-refractivity contribution in [3.8, 4) is 0 Å². The van der Waals surface area contributed by atoms with Crippen molar-refractivity contribution >= 4 is 0 Å². The monoisotopic (exact) mass is 282 g/mol. The zero-order valence-corrected chi connectivity index (χ0v) is 13.9. The van der Waals surface area contributed by atoms with Crippen LogP contribution < -0.4 is 5.73 Å². The molecule has 1 aliphatic heterocycles. The fraction of sp³-hybridized carbons (Fsp3) is 1.00. The first kappa shape index (κ1) is 16.3. The van der Waals surface area contributed by atoms with Crippen LogP contribution in [0.1, 0.15) is 59.3 Å². The molecule has 3 N–H and O–H groups in total. The third-order valence-corrected chi connectivity index (χ3v) is 6.21. The smallest absolute Gasteiger partial charge is 0.0842 e. The minimum atomic E-state index is -0.572. The van der Waals surface area contributed by atoms with Crippen LogP contribution >= 0.6 is 0 Å². The summed E-state index contributed by atoms with van der Waals surface area (Å²) in [6.07, 6.45) is 6.64. The molecular weight excluding hydrogens is 248 g/mol. The fourth-order valence-corrected chi connectivity index (χ4v) is 4.57. The first-order valence-corrected chi connectivity index (χ1v) is 8.33. The van der Waals surface area contributed by atoms with Crippen LogP contribution in [-0.2, 0) is 0 Å². The predicted molar refractivity (Wildman–Crippen MR) is 84.6 cm³/mol. The molecule has 2 fully saturated rings. The van der Waals surface area contributed by atoms with E-state index in [0.717, 1.165) is 44.7 Å². The third-order valence-electron chi connectivity index (χ3n) is 6.21. The minimum Gasteiger partial charge on any atom is -0.388 e. The quantitative estimate of drug-likeness (QED) is 0.818. The number of aliphatic hydroxyl groups is 1. The number of likely N-dealkylation sites (N-methyl/N-ethyl adjacent to an activating group) is 1. The van der Waals surface area contributed by atoms with Gasteiger partial charge in [-0.2, -0.15) is 0 Å². The van der Waals surface area contributed by atoms with Crippen molar-refractivity contribution in [2.24, 2.45) is 22.5 Å². The van der Waals surface area contributed by atoms with Crippen molar-refractivity contribution in [3.63, 3.8) is 0 Å². The van der Waals surface area contributed by atoms with Crippen LogP contribution in [0.15, 0.2) is 0 Å². The van der Waals surface area contributed by atoms with Crippen LogP contribution in [0.2, 0.25) is 0 Å². The van der Waals surface area contributed by atoms with Crippen molar-refractivity contribution in [1.82, 2.24) is 4.90 Å². The normalized spacial score (nSPS) is 40.8. The molecular formula is C17H34N2O. The van der Waals surface area contributed by atoms with Crippen LogP contribution in [0.3, 0.4) is 0 Å². The predicted octanol–water partition coefficient (Wildman–Crippen LogP) is 2.62. The first-order valence-electron chi connectivity index (χ1n) is 8.33. The SMILES string of the molecule is CN1CCCC(O)(C2(CN)CCC(C(C)(C)C)CC2)C1. The summed E-state index contributed by atoms with van der Waals surface area (Å²) in [5, 5.41) is 11.3. The van der Waals surface area contributed by atoms with Crippen LogP contribution in [-0.4, -0.2) is 42.3 Å². The van der Waals surface area contributed by atoms with Gasteiger partial charge in [-0.05, 0) is 63.5 Å². The van der Waals surface area contributed by atoms with Crippen LogP contribution in [0.4, 0.5) is 0 Å². The maximum Gasteiger partial charge on any atom is 0.0842 e. The average Bonchev–Trinajstić information content (AvgIpc) is 2.37. The summed E-state index contributed by atoms with van der Waals surface area (Å²) in [6, 6.07) is 0. The Bertz CT molecular complexity index is 328. The highest BCUT2D eigenvalue weighted by Gasteiger charge is 2.52. The molecule has 0 radical (unpaired) electrons. The number of rotatable bonds is 2. The maximum atomic E-state index is 11.3. The van der Waals surface area contributed by atoms with E-state index < -0.39 is 5.60 Å². The molecule has 1 atom stereocenters. The molecule has 1 saturated carbocycles. The Kier molecular flexibility index (Phi) is 4.54. The molecule has 1 heterocycles. The Labute approximate surface area is 124 Å². The van der Waals surface area contributed by atoms with E-state index in [0.29, 0.717) is 12.0 Å². The topological polar surface area (TPSA) is 49.5 Å². The summed E-state index contributed by atoms with van der Waals surface area (Å²) < 4.78 is 0. The Hall–Kier alpha value is -0.120. The first-order chi connectivity index (χ1) is 9.22. The van der Waals surface area contributed by atoms with Crippen LogP contribution in [0.5, 0.6) is 0 Å². The summed E-state index contributed by atoms with van der Waals surface area (Å²) >= 11 is 0. The molecule has 3 heteroatoms. The van der Waals surface area contributed by atoms with Crippen LogP contribution in [0, 0.1) is 16.7 Å². The molecule has 118 valence electrons. The molecule has 0 aromatic rings. The molecule has 3 nitrogen and oxygen atoms in total. The van der Waals surface area contributed by atoms with Crippen molar-refractivity contribution in [1.29, 1.82) is 0 Å². The minimum absolute atomic E-state index is 0.0522. The van der Waals surface area contributed by atoms with Gasteiger partial charge in [0.25, 0.3) is 0 Å². The lowest BCUT2D eigenvalue weighted by molar-refractivity contribution is -0.141. The van der Waals surface area contributed by atoms with E-state index in [-0.39, 0.29) is 5.41 Å². The Morgan fingerprint density at radius 2 is 1.80 bits per heavy atom. The molecule has 0 aromatic heterocycles. The highest BCUT2D eigenvalue weighted by molar-refractivity contribution is 5.05. The van der Waals surface area contributed by atoms with Crippen molar-refractivity contribution in [2.45, 2.75) is 64.9 Å². The fourth-order valence-electron chi connectivity index (χ4n) is 4.57. The molecule has 0 bridgehead atoms. The highest BCUT2D eigenvalue weighted by atomic mass is 16.3. The Morgan fingerprint density at radius 3 is 2.25 bits per heavy atom. The van der Waals surface area contributed by atoms with Gasteiger partial charge in [0.15, 0.2) is 0 Å². The van der Waals surface area contributed by atoms with Gasteiger partial charge in [-0.25, -0.2) is 0 Å². The number of hydrogen-bond donors (Lipinski definition) is 2. The number of hydrogen-bond acceptors (Lipinski definition) is 3. The van der Waals surface area contributed by atoms with Gasteiger partial charge in [0, 0.05) is 18.5 Å². The third kappa shape index (κ3) is 2.90. The van der Waals surface area contributed by atoms with E-state index in [1.165, 1.54) is 12.8 Å². The lowest BCUT2D eigenvalue weighted by atomic mass is 9.56. The maximum absolute atomic E-state index is 11.3. The van der Waals surface area contributed by atoms with Gasteiger partial charge in [0.2, 0.25) is 0 Å². The summed E-state index contributed by atoms with van der Waals surface area (Å²) in [6.45, 7) is 9.56. The molecule has 1 unspecified atom stereocenters. The molecule has 1 saturated heterocycles. The molecule has 0 amide bonds. The Balaban J connectivity index is 2.12. The number of likely N-dealkylation sites (tertiary alicyclic amines) is 1. The lowest BCUT2D eigenvalue weighted by Crippen LogP contribution is -2.61. The standard InChI is InChI=1S/C17H34N2O/c1-15(2,3)14-6-9-16(12-18,10-7-14)17(20)8-5-11-19(4)13-17/h14,20H,5-13,18H2,1-4H3. The summed E-state index contributed by atoms with van der Waals surface area (Å²) in [5.41, 5.74) is 5.93. The van der Waals surface area contributed by atoms with E-state index in [2.05, 4.69) is 32.7 Å². The molecule has 2 rings (SSSR count). The molecule has 0 aromatic carbocycles. The van der Waals surface area contributed by atoms with Gasteiger partial charge >= 0.3 is 0 Å². The van der Waals surface area contributed by atoms with E-state index in [1.807, 2.05) is 0 Å². The molecule has 20 heavy (non-hydrogen) atoms. The van der Waals surface area contributed by atoms with Crippen molar-refractivity contribution in [2.75, 3.05) is 26.7 Å². The van der Waals surface area contributed by atoms with Gasteiger partial charge in [0.05, 0.1) is 5.60 Å². The molecule has 2 aliphatic rings. The second-order valence-electron chi connectivity index (χ2n) is 8.50. The Morgan fingerprint density at radius 1 is 1.20 bits per heavy atom. The van der Waals surface area contributed by atoms with E-state index in [9.17, 15) is 5.11 Å². The number of nitrogens with two attached hydrogens (primary N) is 1. The summed E-state index contributed by atoms with van der Waals surface area (Å²) in [7, 11) is 2.12. The van der Waals surface area contributed by atoms with Crippen molar-refractivity contribution in [3.05, 3.63) is 0 Å². The average molecular weight is 282 g/mol. The van der Waals surface area contributed by atoms with E-state index in [1.54, 1.807) is 0 Å². The highest BCUT2D eigenvalue weighted by Crippen LogP contribution is 2.51. The summed E-state index contributed by atoms with van der Waals surface area (Å²) in [4.78, 5) is 2.27. The molecule has 1 aliphatic carbocycles. The van der Waals surface area contributed by atoms with Gasteiger partial charge in [-0.3, -0.25) is 0 Å². The zero-order valence-electron chi connectivity index (χ0n) is 13.9. The van der Waals surface area contributed by atoms with Crippen LogP contribution in [0.25, 0.3) is 0 Å². The van der Waals surface area contributed by atoms with Crippen molar-refractivity contribution < 1.29 is 5.11 Å². The van der Waals surface area contributed by atoms with Gasteiger partial charge in [0.1, 0.15) is 0 Å². The van der Waals surface area contributed by atoms with Gasteiger partial charge in [-0.15, -0.1) is 0 Å². The number of β-amino-alcohol motifs (C(OH)–C–C–N with tert-alkyl or cyclic N) is 1. The van der Waals surface area contributed by atoms with E-state index >= 15 is 0 Å². The lowest BCUT2D eigenvalue weighted by Gasteiger charge is -2.54. The molecule has 0 spiro atoms. The second-order valence-corrected chi connectivity index (χ2v) is 8.50. The number of nitrogens with zero attached hydrogens (tertiary/aromatic N) is 1. The largest absolute Gasteiger partial charge is 0.388 e. The summed E-state index contributed by atoms with van der Waals surface area (Å²) in [5.74, 6) is 0.770. The van der Waals surface area contributed by atoms with Gasteiger partial charge in [-0.1, -0.05) is 20.8 Å². The van der Waals surface area contributed by atoms with E-state index in [4.69, 9.17) is 5.73 Å². The van der Waals surface area contributed by atoms with Gasteiger partial charge < -0.3 is 15.7 Å². The second kappa shape index (κ2) is 5.58. The zero-order chi connectivity index (χ0) is 15.0.